The maximum absolute atomic E-state index is 3.60. The second kappa shape index (κ2) is 8.03. The maximum Gasteiger partial charge on any atom is 0.0331 e. The molecule has 1 aromatic rings. The van der Waals surface area contributed by atoms with Crippen molar-refractivity contribution in [1.82, 2.24) is 10.2 Å². The number of nitrogens with one attached hydrogen (secondary N) is 1. The van der Waals surface area contributed by atoms with Gasteiger partial charge in [-0.1, -0.05) is 20.3 Å². The van der Waals surface area contributed by atoms with E-state index >= 15 is 0 Å². The Morgan fingerprint density at radius 3 is 2.84 bits per heavy atom. The summed E-state index contributed by atoms with van der Waals surface area (Å²) < 4.78 is 0. The molecular weight excluding hydrogens is 252 g/mol. The molecule has 0 amide bonds. The van der Waals surface area contributed by atoms with Crippen molar-refractivity contribution in [2.24, 2.45) is 0 Å². The topological polar surface area (TPSA) is 15.3 Å². The van der Waals surface area contributed by atoms with E-state index in [1.54, 1.807) is 4.88 Å². The molecule has 1 aliphatic heterocycles. The van der Waals surface area contributed by atoms with Crippen LogP contribution in [0, 0.1) is 0 Å². The lowest BCUT2D eigenvalue weighted by Gasteiger charge is -2.35. The fourth-order valence-corrected chi connectivity index (χ4v) is 3.83. The summed E-state index contributed by atoms with van der Waals surface area (Å²) in [6.45, 7) is 9.24. The van der Waals surface area contributed by atoms with Crippen LogP contribution in [0.1, 0.15) is 49.3 Å². The molecular formula is C16H28N2S. The number of rotatable bonds is 7. The van der Waals surface area contributed by atoms with Gasteiger partial charge in [-0.05, 0) is 50.9 Å². The Kier molecular flexibility index (Phi) is 6.35. The van der Waals surface area contributed by atoms with Crippen LogP contribution in [0.4, 0.5) is 0 Å². The summed E-state index contributed by atoms with van der Waals surface area (Å²) in [6.07, 6.45) is 6.54. The van der Waals surface area contributed by atoms with Crippen LogP contribution in [0.25, 0.3) is 0 Å². The predicted octanol–water partition coefficient (Wildman–Crippen LogP) is 3.66. The van der Waals surface area contributed by atoms with Gasteiger partial charge in [0.05, 0.1) is 0 Å². The molecule has 0 saturated carbocycles. The quantitative estimate of drug-likeness (QED) is 0.767. The summed E-state index contributed by atoms with van der Waals surface area (Å²) in [5.74, 6) is 0. The van der Waals surface area contributed by atoms with Crippen molar-refractivity contribution in [2.45, 2.75) is 58.5 Å². The predicted molar refractivity (Wildman–Crippen MR) is 84.9 cm³/mol. The van der Waals surface area contributed by atoms with Crippen LogP contribution in [0.2, 0.25) is 0 Å². The van der Waals surface area contributed by atoms with E-state index in [1.807, 2.05) is 11.3 Å². The second-order valence-electron chi connectivity index (χ2n) is 5.55. The van der Waals surface area contributed by atoms with Crippen molar-refractivity contribution in [1.29, 1.82) is 0 Å². The summed E-state index contributed by atoms with van der Waals surface area (Å²) >= 11 is 1.99. The first-order valence-corrected chi connectivity index (χ1v) is 8.67. The maximum atomic E-state index is 3.60. The fraction of sp³-hybridized carbons (Fsp3) is 0.750. The van der Waals surface area contributed by atoms with Gasteiger partial charge in [-0.15, -0.1) is 11.3 Å². The normalized spacial score (nSPS) is 20.8. The van der Waals surface area contributed by atoms with E-state index in [-0.39, 0.29) is 0 Å². The van der Waals surface area contributed by atoms with E-state index in [2.05, 4.69) is 36.2 Å². The summed E-state index contributed by atoms with van der Waals surface area (Å²) in [5.41, 5.74) is 0. The van der Waals surface area contributed by atoms with Gasteiger partial charge in [0.15, 0.2) is 0 Å². The average molecular weight is 280 g/mol. The number of hydrogen-bond acceptors (Lipinski definition) is 3. The summed E-state index contributed by atoms with van der Waals surface area (Å²) in [7, 11) is 0. The molecule has 1 unspecified atom stereocenters. The van der Waals surface area contributed by atoms with Crippen molar-refractivity contribution in [2.75, 3.05) is 19.6 Å². The van der Waals surface area contributed by atoms with Crippen molar-refractivity contribution in [3.63, 3.8) is 0 Å². The van der Waals surface area contributed by atoms with E-state index in [0.717, 1.165) is 19.1 Å². The Bertz CT molecular complexity index is 361. The third-order valence-electron chi connectivity index (χ3n) is 3.98. The Balaban J connectivity index is 1.87. The first-order valence-electron chi connectivity index (χ1n) is 7.85. The number of likely N-dealkylation sites (tertiary alicyclic amines) is 1. The Hall–Kier alpha value is -0.380. The number of nitrogens with zero attached hydrogens (tertiary/aromatic N) is 1. The standard InChI is InChI=1S/C16H28N2S/c1-3-10-17-12-14-7-5-6-11-18(14)13-16-9-8-15(4-2)19-16/h8-9,14,17H,3-7,10-13H2,1-2H3. The zero-order valence-electron chi connectivity index (χ0n) is 12.5. The molecule has 2 rings (SSSR count). The van der Waals surface area contributed by atoms with E-state index in [9.17, 15) is 0 Å². The Morgan fingerprint density at radius 1 is 1.26 bits per heavy atom. The molecule has 1 aliphatic rings. The van der Waals surface area contributed by atoms with Gasteiger partial charge in [0.1, 0.15) is 0 Å². The molecule has 0 radical (unpaired) electrons. The Labute approximate surface area is 122 Å². The minimum absolute atomic E-state index is 0.743. The van der Waals surface area contributed by atoms with Crippen LogP contribution in [0.5, 0.6) is 0 Å². The lowest BCUT2D eigenvalue weighted by Crippen LogP contribution is -2.44. The van der Waals surface area contributed by atoms with Crippen molar-refractivity contribution in [3.05, 3.63) is 21.9 Å². The van der Waals surface area contributed by atoms with Gasteiger partial charge in [0, 0.05) is 28.9 Å². The highest BCUT2D eigenvalue weighted by Gasteiger charge is 2.22. The van der Waals surface area contributed by atoms with Gasteiger partial charge in [-0.25, -0.2) is 0 Å². The number of hydrogen-bond donors (Lipinski definition) is 1. The molecule has 3 heteroatoms. The third kappa shape index (κ3) is 4.59. The van der Waals surface area contributed by atoms with E-state index in [0.29, 0.717) is 0 Å². The van der Waals surface area contributed by atoms with Crippen molar-refractivity contribution < 1.29 is 0 Å². The number of thiophene rings is 1. The fourth-order valence-electron chi connectivity index (χ4n) is 2.84. The van der Waals surface area contributed by atoms with E-state index < -0.39 is 0 Å². The number of aryl methyl sites for hydroxylation is 1. The van der Waals surface area contributed by atoms with Crippen LogP contribution in [-0.4, -0.2) is 30.6 Å². The summed E-state index contributed by atoms with van der Waals surface area (Å²) in [4.78, 5) is 5.75. The zero-order valence-corrected chi connectivity index (χ0v) is 13.3. The van der Waals surface area contributed by atoms with Crippen LogP contribution in [0.15, 0.2) is 12.1 Å². The minimum Gasteiger partial charge on any atom is -0.315 e. The van der Waals surface area contributed by atoms with Crippen LogP contribution < -0.4 is 5.32 Å². The molecule has 0 bridgehead atoms. The molecule has 1 N–H and O–H groups in total. The third-order valence-corrected chi connectivity index (χ3v) is 5.19. The highest BCUT2D eigenvalue weighted by molar-refractivity contribution is 7.11. The summed E-state index contributed by atoms with van der Waals surface area (Å²) in [6, 6.07) is 5.37. The molecule has 2 heterocycles. The average Bonchev–Trinajstić information content (AvgIpc) is 2.89. The minimum atomic E-state index is 0.743. The molecule has 0 aliphatic carbocycles. The van der Waals surface area contributed by atoms with Crippen molar-refractivity contribution >= 4 is 11.3 Å². The van der Waals surface area contributed by atoms with Gasteiger partial charge in [0.2, 0.25) is 0 Å². The van der Waals surface area contributed by atoms with Crippen LogP contribution in [0.3, 0.4) is 0 Å². The molecule has 1 fully saturated rings. The van der Waals surface area contributed by atoms with Gasteiger partial charge >= 0.3 is 0 Å². The lowest BCUT2D eigenvalue weighted by molar-refractivity contribution is 0.139. The molecule has 0 aromatic carbocycles. The smallest absolute Gasteiger partial charge is 0.0331 e. The lowest BCUT2D eigenvalue weighted by atomic mass is 10.0. The van der Waals surface area contributed by atoms with Crippen LogP contribution >= 0.6 is 11.3 Å². The van der Waals surface area contributed by atoms with Crippen LogP contribution in [-0.2, 0) is 13.0 Å². The van der Waals surface area contributed by atoms with E-state index in [4.69, 9.17) is 0 Å². The summed E-state index contributed by atoms with van der Waals surface area (Å²) in [5, 5.41) is 3.60. The monoisotopic (exact) mass is 280 g/mol. The van der Waals surface area contributed by atoms with Gasteiger partial charge in [-0.3, -0.25) is 4.90 Å². The molecule has 1 aromatic heterocycles. The first kappa shape index (κ1) is 15.0. The SMILES string of the molecule is CCCNCC1CCCCN1Cc1ccc(CC)s1. The molecule has 1 atom stereocenters. The second-order valence-corrected chi connectivity index (χ2v) is 6.80. The zero-order chi connectivity index (χ0) is 13.5. The largest absolute Gasteiger partial charge is 0.315 e. The van der Waals surface area contributed by atoms with Crippen molar-refractivity contribution in [3.8, 4) is 0 Å². The van der Waals surface area contributed by atoms with E-state index in [1.165, 1.54) is 50.1 Å². The first-order chi connectivity index (χ1) is 9.33. The highest BCUT2D eigenvalue weighted by Crippen LogP contribution is 2.23. The molecule has 1 saturated heterocycles. The van der Waals surface area contributed by atoms with Gasteiger partial charge in [0.25, 0.3) is 0 Å². The molecule has 0 spiro atoms. The molecule has 108 valence electrons. The molecule has 2 nitrogen and oxygen atoms in total. The highest BCUT2D eigenvalue weighted by atomic mass is 32.1. The Morgan fingerprint density at radius 2 is 2.11 bits per heavy atom. The van der Waals surface area contributed by atoms with Gasteiger partial charge in [-0.2, -0.15) is 0 Å². The van der Waals surface area contributed by atoms with Gasteiger partial charge < -0.3 is 5.32 Å². The molecule has 19 heavy (non-hydrogen) atoms. The number of piperidine rings is 1.